The monoisotopic (exact) mass is 512 g/mol. The van der Waals surface area contributed by atoms with Crippen molar-refractivity contribution in [2.75, 3.05) is 52.9 Å². The Kier molecular flexibility index (Phi) is 18.9. The van der Waals surface area contributed by atoms with Crippen molar-refractivity contribution in [3.8, 4) is 0 Å². The molecule has 0 N–H and O–H groups in total. The third kappa shape index (κ3) is 14.2. The molecule has 196 valence electrons. The molecule has 33 heavy (non-hydrogen) atoms. The summed E-state index contributed by atoms with van der Waals surface area (Å²) in [5.74, 6) is -1.25. The molecule has 0 rings (SSSR count). The second-order valence-electron chi connectivity index (χ2n) is 6.79. The predicted octanol–water partition coefficient (Wildman–Crippen LogP) is 3.34. The van der Waals surface area contributed by atoms with E-state index in [1.807, 2.05) is 41.5 Å². The minimum atomic E-state index is -2.77. The normalized spacial score (nSPS) is 12.1. The molecule has 0 aliphatic carbocycles. The maximum Gasteiger partial charge on any atom is 0.501 e. The molecule has 0 fully saturated rings. The van der Waals surface area contributed by atoms with Crippen LogP contribution >= 0.6 is 0 Å². The molecule has 0 saturated carbocycles. The van der Waals surface area contributed by atoms with E-state index in [1.165, 1.54) is 0 Å². The highest BCUT2D eigenvalue weighted by Gasteiger charge is 2.40. The largest absolute Gasteiger partial charge is 0.501 e. The molecule has 0 heterocycles. The van der Waals surface area contributed by atoms with Crippen LogP contribution in [0.1, 0.15) is 60.8 Å². The molecule has 0 aliphatic rings. The van der Waals surface area contributed by atoms with E-state index in [4.69, 9.17) is 36.0 Å². The topological polar surface area (TPSA) is 108 Å². The standard InChI is InChI=1S/C21H44O10Si2/c1-7-26-32(27-8-2,28-9-3)17-13-15-24-20(22)19-21(23)25-16-14-18-33(29-10-4,30-11-5)31-12-6/h7-19H2,1-6H3. The maximum atomic E-state index is 11.9. The van der Waals surface area contributed by atoms with Crippen LogP contribution in [0.3, 0.4) is 0 Å². The van der Waals surface area contributed by atoms with Gasteiger partial charge in [0.25, 0.3) is 0 Å². The van der Waals surface area contributed by atoms with Crippen LogP contribution in [0.4, 0.5) is 0 Å². The Balaban J connectivity index is 4.30. The second kappa shape index (κ2) is 19.4. The highest BCUT2D eigenvalue weighted by molar-refractivity contribution is 6.61. The Morgan fingerprint density at radius 2 is 0.788 bits per heavy atom. The number of esters is 2. The van der Waals surface area contributed by atoms with Crippen LogP contribution in [0.5, 0.6) is 0 Å². The Hall–Kier alpha value is -0.866. The molecule has 0 aromatic carbocycles. The molecule has 0 aliphatic heterocycles. The van der Waals surface area contributed by atoms with Crippen molar-refractivity contribution in [2.45, 2.75) is 72.9 Å². The first kappa shape index (κ1) is 32.1. The van der Waals surface area contributed by atoms with E-state index in [9.17, 15) is 9.59 Å². The lowest BCUT2D eigenvalue weighted by Gasteiger charge is -2.28. The lowest BCUT2D eigenvalue weighted by molar-refractivity contribution is -0.154. The van der Waals surface area contributed by atoms with Crippen LogP contribution < -0.4 is 0 Å². The van der Waals surface area contributed by atoms with Gasteiger partial charge in [0, 0.05) is 51.7 Å². The van der Waals surface area contributed by atoms with Gasteiger partial charge in [0.1, 0.15) is 6.42 Å². The van der Waals surface area contributed by atoms with Gasteiger partial charge in [0.15, 0.2) is 0 Å². The molecule has 0 aromatic rings. The fourth-order valence-corrected chi connectivity index (χ4v) is 8.33. The van der Waals surface area contributed by atoms with Gasteiger partial charge < -0.3 is 36.0 Å². The lowest BCUT2D eigenvalue weighted by atomic mass is 10.4. The molecular weight excluding hydrogens is 468 g/mol. The van der Waals surface area contributed by atoms with E-state index in [0.717, 1.165) is 0 Å². The summed E-state index contributed by atoms with van der Waals surface area (Å²) >= 11 is 0. The third-order valence-corrected chi connectivity index (χ3v) is 10.6. The minimum Gasteiger partial charge on any atom is -0.465 e. The first-order valence-corrected chi connectivity index (χ1v) is 15.9. The fraction of sp³-hybridized carbons (Fsp3) is 0.905. The van der Waals surface area contributed by atoms with Crippen LogP contribution in [0.25, 0.3) is 0 Å². The van der Waals surface area contributed by atoms with Gasteiger partial charge in [-0.05, 0) is 54.4 Å². The zero-order valence-electron chi connectivity index (χ0n) is 21.3. The van der Waals surface area contributed by atoms with Crippen LogP contribution in [0.2, 0.25) is 12.1 Å². The summed E-state index contributed by atoms with van der Waals surface area (Å²) in [5, 5.41) is 0. The number of ether oxygens (including phenoxy) is 2. The summed E-state index contributed by atoms with van der Waals surface area (Å²) in [4.78, 5) is 23.9. The van der Waals surface area contributed by atoms with Crippen molar-refractivity contribution in [1.29, 1.82) is 0 Å². The molecule has 0 aromatic heterocycles. The molecule has 0 bridgehead atoms. The van der Waals surface area contributed by atoms with E-state index in [1.54, 1.807) is 0 Å². The van der Waals surface area contributed by atoms with Crippen LogP contribution in [-0.2, 0) is 45.6 Å². The van der Waals surface area contributed by atoms with Crippen molar-refractivity contribution < 1.29 is 45.6 Å². The van der Waals surface area contributed by atoms with Crippen LogP contribution in [0, 0.1) is 0 Å². The predicted molar refractivity (Wildman–Crippen MR) is 127 cm³/mol. The molecule has 10 nitrogen and oxygen atoms in total. The van der Waals surface area contributed by atoms with Crippen molar-refractivity contribution in [2.24, 2.45) is 0 Å². The number of carbonyl (C=O) groups is 2. The van der Waals surface area contributed by atoms with Crippen molar-refractivity contribution >= 4 is 29.5 Å². The van der Waals surface area contributed by atoms with Gasteiger partial charge in [-0.25, -0.2) is 0 Å². The number of hydrogen-bond acceptors (Lipinski definition) is 10. The summed E-state index contributed by atoms with van der Waals surface area (Å²) in [5.41, 5.74) is 0. The van der Waals surface area contributed by atoms with Gasteiger partial charge in [0.05, 0.1) is 13.2 Å². The van der Waals surface area contributed by atoms with Gasteiger partial charge in [-0.1, -0.05) is 0 Å². The average Bonchev–Trinajstić information content (AvgIpc) is 2.75. The molecule has 0 spiro atoms. The molecular formula is C21H44O10Si2. The quantitative estimate of drug-likeness (QED) is 0.0927. The molecule has 0 amide bonds. The molecule has 0 atom stereocenters. The Morgan fingerprint density at radius 1 is 0.515 bits per heavy atom. The summed E-state index contributed by atoms with van der Waals surface area (Å²) in [7, 11) is -5.53. The second-order valence-corrected chi connectivity index (χ2v) is 12.3. The number of rotatable bonds is 22. The average molecular weight is 513 g/mol. The van der Waals surface area contributed by atoms with Crippen molar-refractivity contribution in [3.63, 3.8) is 0 Å². The first-order valence-electron chi connectivity index (χ1n) is 12.0. The molecule has 0 unspecified atom stereocenters. The van der Waals surface area contributed by atoms with E-state index in [-0.39, 0.29) is 13.2 Å². The van der Waals surface area contributed by atoms with E-state index in [0.29, 0.717) is 64.6 Å². The minimum absolute atomic E-state index is 0.152. The Morgan fingerprint density at radius 3 is 1.03 bits per heavy atom. The highest BCUT2D eigenvalue weighted by Crippen LogP contribution is 2.19. The lowest BCUT2D eigenvalue weighted by Crippen LogP contribution is -2.46. The van der Waals surface area contributed by atoms with E-state index >= 15 is 0 Å². The first-order chi connectivity index (χ1) is 15.9. The molecule has 0 radical (unpaired) electrons. The summed E-state index contributed by atoms with van der Waals surface area (Å²) in [6, 6.07) is 1.07. The van der Waals surface area contributed by atoms with Crippen LogP contribution in [-0.4, -0.2) is 82.4 Å². The van der Waals surface area contributed by atoms with Gasteiger partial charge in [-0.2, -0.15) is 0 Å². The van der Waals surface area contributed by atoms with Crippen molar-refractivity contribution in [1.82, 2.24) is 0 Å². The van der Waals surface area contributed by atoms with Gasteiger partial charge in [-0.3, -0.25) is 9.59 Å². The highest BCUT2D eigenvalue weighted by atomic mass is 28.4. The third-order valence-electron chi connectivity index (χ3n) is 4.25. The van der Waals surface area contributed by atoms with Gasteiger partial charge >= 0.3 is 29.5 Å². The molecule has 0 saturated heterocycles. The summed E-state index contributed by atoms with van der Waals surface area (Å²) < 4.78 is 44.9. The van der Waals surface area contributed by atoms with Gasteiger partial charge in [-0.15, -0.1) is 0 Å². The maximum absolute atomic E-state index is 11.9. The summed E-state index contributed by atoms with van der Waals surface area (Å²) in [6.45, 7) is 14.5. The molecule has 12 heteroatoms. The Bertz CT molecular complexity index is 443. The van der Waals surface area contributed by atoms with Gasteiger partial charge in [0.2, 0.25) is 0 Å². The zero-order chi connectivity index (χ0) is 25.0. The van der Waals surface area contributed by atoms with E-state index < -0.39 is 36.0 Å². The smallest absolute Gasteiger partial charge is 0.465 e. The fourth-order valence-electron chi connectivity index (χ4n) is 3.17. The SMILES string of the molecule is CCO[Si](CCCOC(=O)CC(=O)OCCC[Si](OCC)(OCC)OCC)(OCC)OCC. The zero-order valence-corrected chi connectivity index (χ0v) is 23.3. The Labute approximate surface area is 201 Å². The number of carbonyl (C=O) groups excluding carboxylic acids is 2. The summed E-state index contributed by atoms with van der Waals surface area (Å²) in [6.07, 6.45) is 0.605. The number of hydrogen-bond donors (Lipinski definition) is 0. The van der Waals surface area contributed by atoms with Crippen molar-refractivity contribution in [3.05, 3.63) is 0 Å². The van der Waals surface area contributed by atoms with E-state index in [2.05, 4.69) is 0 Å². The van der Waals surface area contributed by atoms with Crippen LogP contribution in [0.15, 0.2) is 0 Å².